The van der Waals surface area contributed by atoms with Gasteiger partial charge in [0.25, 0.3) is 0 Å². The number of carboxylic acid groups (broad SMARTS) is 1. The van der Waals surface area contributed by atoms with Gasteiger partial charge in [-0.05, 0) is 48.8 Å². The van der Waals surface area contributed by atoms with Gasteiger partial charge < -0.3 is 9.84 Å². The number of carboxylic acids is 1. The molecule has 0 heterocycles. The molecule has 1 saturated carbocycles. The van der Waals surface area contributed by atoms with Crippen molar-refractivity contribution >= 4 is 5.97 Å². The van der Waals surface area contributed by atoms with Crippen LogP contribution in [0.25, 0.3) is 0 Å². The third-order valence-corrected chi connectivity index (χ3v) is 3.83. The van der Waals surface area contributed by atoms with Gasteiger partial charge in [0.15, 0.2) is 0 Å². The zero-order valence-electron chi connectivity index (χ0n) is 10.8. The minimum absolute atomic E-state index is 0.312. The molecule has 2 rings (SSSR count). The van der Waals surface area contributed by atoms with E-state index in [-0.39, 0.29) is 0 Å². The second-order valence-electron chi connectivity index (χ2n) is 5.10. The van der Waals surface area contributed by atoms with Gasteiger partial charge in [-0.3, -0.25) is 4.79 Å². The highest BCUT2D eigenvalue weighted by Gasteiger charge is 2.24. The smallest absolute Gasteiger partial charge is 0.303 e. The fourth-order valence-corrected chi connectivity index (χ4v) is 2.90. The van der Waals surface area contributed by atoms with Crippen LogP contribution in [0.2, 0.25) is 0 Å². The first-order chi connectivity index (χ1) is 8.69. The lowest BCUT2D eigenvalue weighted by atomic mass is 9.77. The summed E-state index contributed by atoms with van der Waals surface area (Å²) in [6.07, 6.45) is 4.67. The lowest BCUT2D eigenvalue weighted by Crippen LogP contribution is -2.17. The Labute approximate surface area is 108 Å². The Balaban J connectivity index is 2.01. The first kappa shape index (κ1) is 12.9. The van der Waals surface area contributed by atoms with Crippen LogP contribution >= 0.6 is 0 Å². The topological polar surface area (TPSA) is 46.5 Å². The van der Waals surface area contributed by atoms with Crippen LogP contribution in [0.5, 0.6) is 5.75 Å². The van der Waals surface area contributed by atoms with Crippen molar-refractivity contribution in [1.82, 2.24) is 0 Å². The Morgan fingerprint density at radius 3 is 2.67 bits per heavy atom. The maximum Gasteiger partial charge on any atom is 0.303 e. The van der Waals surface area contributed by atoms with Crippen molar-refractivity contribution in [2.24, 2.45) is 5.92 Å². The molecule has 0 saturated heterocycles. The van der Waals surface area contributed by atoms with Gasteiger partial charge in [-0.2, -0.15) is 0 Å². The molecule has 1 fully saturated rings. The van der Waals surface area contributed by atoms with Crippen molar-refractivity contribution < 1.29 is 14.6 Å². The number of ether oxygens (including phenoxy) is 1. The van der Waals surface area contributed by atoms with E-state index in [1.165, 1.54) is 12.0 Å². The highest BCUT2D eigenvalue weighted by Crippen LogP contribution is 2.37. The number of methoxy groups -OCH3 is 1. The molecule has 0 aliphatic heterocycles. The SMILES string of the molecule is COc1ccc(C2CCCC(CC(=O)O)C2)cc1. The largest absolute Gasteiger partial charge is 0.497 e. The molecule has 2 unspecified atom stereocenters. The van der Waals surface area contributed by atoms with Gasteiger partial charge in [0.05, 0.1) is 7.11 Å². The standard InChI is InChI=1S/C15H20O3/c1-18-14-7-5-12(6-8-14)13-4-2-3-11(9-13)10-15(16)17/h5-8,11,13H,2-4,9-10H2,1H3,(H,16,17). The Hall–Kier alpha value is -1.51. The van der Waals surface area contributed by atoms with Crippen LogP contribution in [0.3, 0.4) is 0 Å². The maximum atomic E-state index is 10.8. The van der Waals surface area contributed by atoms with Crippen molar-refractivity contribution in [3.05, 3.63) is 29.8 Å². The molecular formula is C15H20O3. The average Bonchev–Trinajstić information content (AvgIpc) is 2.38. The van der Waals surface area contributed by atoms with Gasteiger partial charge in [-0.15, -0.1) is 0 Å². The Bertz CT molecular complexity index is 397. The molecule has 3 heteroatoms. The van der Waals surface area contributed by atoms with Crippen LogP contribution in [-0.4, -0.2) is 18.2 Å². The van der Waals surface area contributed by atoms with Gasteiger partial charge in [0, 0.05) is 6.42 Å². The van der Waals surface area contributed by atoms with Crippen LogP contribution in [0.4, 0.5) is 0 Å². The summed E-state index contributed by atoms with van der Waals surface area (Å²) >= 11 is 0. The first-order valence-corrected chi connectivity index (χ1v) is 6.54. The molecule has 0 bridgehead atoms. The van der Waals surface area contributed by atoms with E-state index in [1.807, 2.05) is 12.1 Å². The molecular weight excluding hydrogens is 228 g/mol. The average molecular weight is 248 g/mol. The molecule has 2 atom stereocenters. The zero-order chi connectivity index (χ0) is 13.0. The number of benzene rings is 1. The summed E-state index contributed by atoms with van der Waals surface area (Å²) in [6, 6.07) is 8.17. The summed E-state index contributed by atoms with van der Waals surface area (Å²) in [5.74, 6) is 1.05. The molecule has 0 radical (unpaired) electrons. The fraction of sp³-hybridized carbons (Fsp3) is 0.533. The summed E-state index contributed by atoms with van der Waals surface area (Å²) in [5.41, 5.74) is 1.31. The van der Waals surface area contributed by atoms with Crippen LogP contribution in [0.15, 0.2) is 24.3 Å². The van der Waals surface area contributed by atoms with Crippen LogP contribution in [0.1, 0.15) is 43.6 Å². The summed E-state index contributed by atoms with van der Waals surface area (Å²) < 4.78 is 5.15. The predicted octanol–water partition coefficient (Wildman–Crippen LogP) is 3.44. The highest BCUT2D eigenvalue weighted by molar-refractivity contribution is 5.67. The Morgan fingerprint density at radius 1 is 1.33 bits per heavy atom. The third-order valence-electron chi connectivity index (χ3n) is 3.83. The molecule has 0 spiro atoms. The highest BCUT2D eigenvalue weighted by atomic mass is 16.5. The van der Waals surface area contributed by atoms with Gasteiger partial charge in [-0.25, -0.2) is 0 Å². The van der Waals surface area contributed by atoms with E-state index in [2.05, 4.69) is 12.1 Å². The molecule has 0 aromatic heterocycles. The molecule has 18 heavy (non-hydrogen) atoms. The first-order valence-electron chi connectivity index (χ1n) is 6.54. The molecule has 98 valence electrons. The van der Waals surface area contributed by atoms with Crippen LogP contribution in [0, 0.1) is 5.92 Å². The molecule has 0 amide bonds. The maximum absolute atomic E-state index is 10.8. The molecule has 1 N–H and O–H groups in total. The number of rotatable bonds is 4. The zero-order valence-corrected chi connectivity index (χ0v) is 10.8. The van der Waals surface area contributed by atoms with Gasteiger partial charge >= 0.3 is 5.97 Å². The Kier molecular flexibility index (Phi) is 4.24. The summed E-state index contributed by atoms with van der Waals surface area (Å²) in [7, 11) is 1.67. The minimum atomic E-state index is -0.671. The fourth-order valence-electron chi connectivity index (χ4n) is 2.90. The lowest BCUT2D eigenvalue weighted by Gasteiger charge is -2.28. The van der Waals surface area contributed by atoms with Crippen molar-refractivity contribution in [3.63, 3.8) is 0 Å². The van der Waals surface area contributed by atoms with E-state index in [9.17, 15) is 4.79 Å². The van der Waals surface area contributed by atoms with Crippen molar-refractivity contribution in [2.75, 3.05) is 7.11 Å². The Morgan fingerprint density at radius 2 is 2.06 bits per heavy atom. The van der Waals surface area contributed by atoms with Gasteiger partial charge in [-0.1, -0.05) is 18.6 Å². The molecule has 1 aliphatic rings. The molecule has 3 nitrogen and oxygen atoms in total. The molecule has 1 aromatic rings. The normalized spacial score (nSPS) is 23.6. The molecule has 1 aromatic carbocycles. The minimum Gasteiger partial charge on any atom is -0.497 e. The second-order valence-corrected chi connectivity index (χ2v) is 5.10. The summed E-state index contributed by atoms with van der Waals surface area (Å²) in [4.78, 5) is 10.8. The van der Waals surface area contributed by atoms with Crippen LogP contribution in [-0.2, 0) is 4.79 Å². The third kappa shape index (κ3) is 3.25. The summed E-state index contributed by atoms with van der Waals surface area (Å²) in [5, 5.41) is 8.87. The van der Waals surface area contributed by atoms with E-state index >= 15 is 0 Å². The van der Waals surface area contributed by atoms with Gasteiger partial charge in [0.2, 0.25) is 0 Å². The van der Waals surface area contributed by atoms with E-state index in [0.717, 1.165) is 25.0 Å². The summed E-state index contributed by atoms with van der Waals surface area (Å²) in [6.45, 7) is 0. The lowest BCUT2D eigenvalue weighted by molar-refractivity contribution is -0.138. The number of carbonyl (C=O) groups is 1. The van der Waals surface area contributed by atoms with E-state index in [4.69, 9.17) is 9.84 Å². The number of hydrogen-bond acceptors (Lipinski definition) is 2. The van der Waals surface area contributed by atoms with E-state index in [0.29, 0.717) is 18.3 Å². The van der Waals surface area contributed by atoms with Gasteiger partial charge in [0.1, 0.15) is 5.75 Å². The second kappa shape index (κ2) is 5.89. The van der Waals surface area contributed by atoms with E-state index < -0.39 is 5.97 Å². The van der Waals surface area contributed by atoms with Crippen molar-refractivity contribution in [2.45, 2.75) is 38.0 Å². The number of hydrogen-bond donors (Lipinski definition) is 1. The van der Waals surface area contributed by atoms with Crippen molar-refractivity contribution in [3.8, 4) is 5.75 Å². The predicted molar refractivity (Wildman–Crippen MR) is 69.9 cm³/mol. The van der Waals surface area contributed by atoms with Crippen LogP contribution < -0.4 is 4.74 Å². The number of aliphatic carboxylic acids is 1. The van der Waals surface area contributed by atoms with Crippen molar-refractivity contribution in [1.29, 1.82) is 0 Å². The molecule has 1 aliphatic carbocycles. The monoisotopic (exact) mass is 248 g/mol. The van der Waals surface area contributed by atoms with E-state index in [1.54, 1.807) is 7.11 Å². The quantitative estimate of drug-likeness (QED) is 0.887.